The Hall–Kier alpha value is -1.26. The number of aliphatic hydroxyl groups excluding tert-OH is 1. The minimum atomic E-state index is -1.03. The second kappa shape index (κ2) is 6.07. The predicted molar refractivity (Wildman–Crippen MR) is 70.8 cm³/mol. The Morgan fingerprint density at radius 2 is 2.22 bits per heavy atom. The molecule has 1 unspecified atom stereocenters. The molecule has 0 saturated heterocycles. The van der Waals surface area contributed by atoms with Gasteiger partial charge in [-0.1, -0.05) is 17.7 Å². The molecule has 0 aliphatic heterocycles. The minimum absolute atomic E-state index is 0.196. The van der Waals surface area contributed by atoms with Crippen molar-refractivity contribution in [1.29, 1.82) is 0 Å². The number of hydrogen-bond donors (Lipinski definition) is 2. The number of hydrogen-bond acceptors (Lipinski definition) is 3. The van der Waals surface area contributed by atoms with Gasteiger partial charge in [-0.3, -0.25) is 4.79 Å². The molecule has 0 saturated carbocycles. The SMILES string of the molecule is CC(O)CNC(=O)C(C)(C)Oc1cccc(Cl)c1. The molecule has 100 valence electrons. The van der Waals surface area contributed by atoms with E-state index in [-0.39, 0.29) is 12.5 Å². The summed E-state index contributed by atoms with van der Waals surface area (Å²) in [5, 5.41) is 12.3. The lowest BCUT2D eigenvalue weighted by molar-refractivity contribution is -0.134. The van der Waals surface area contributed by atoms with Gasteiger partial charge in [-0.25, -0.2) is 0 Å². The molecule has 0 fully saturated rings. The van der Waals surface area contributed by atoms with E-state index in [4.69, 9.17) is 21.4 Å². The average Bonchev–Trinajstić information content (AvgIpc) is 2.25. The average molecular weight is 272 g/mol. The van der Waals surface area contributed by atoms with Crippen molar-refractivity contribution >= 4 is 17.5 Å². The zero-order valence-corrected chi connectivity index (χ0v) is 11.5. The third-order valence-electron chi connectivity index (χ3n) is 2.27. The van der Waals surface area contributed by atoms with E-state index in [1.165, 1.54) is 0 Å². The van der Waals surface area contributed by atoms with Crippen LogP contribution in [0.4, 0.5) is 0 Å². The van der Waals surface area contributed by atoms with Crippen molar-refractivity contribution in [2.45, 2.75) is 32.5 Å². The van der Waals surface area contributed by atoms with Gasteiger partial charge in [0, 0.05) is 11.6 Å². The first-order valence-electron chi connectivity index (χ1n) is 5.72. The Labute approximate surface area is 112 Å². The first-order valence-corrected chi connectivity index (χ1v) is 6.10. The highest BCUT2D eigenvalue weighted by Crippen LogP contribution is 2.22. The lowest BCUT2D eigenvalue weighted by atomic mass is 10.1. The Morgan fingerprint density at radius 3 is 2.78 bits per heavy atom. The fourth-order valence-corrected chi connectivity index (χ4v) is 1.51. The van der Waals surface area contributed by atoms with E-state index >= 15 is 0 Å². The molecule has 1 rings (SSSR count). The molecular weight excluding hydrogens is 254 g/mol. The van der Waals surface area contributed by atoms with Gasteiger partial charge in [-0.15, -0.1) is 0 Å². The smallest absolute Gasteiger partial charge is 0.263 e. The molecule has 0 aliphatic carbocycles. The second-order valence-corrected chi connectivity index (χ2v) is 5.07. The molecule has 0 radical (unpaired) electrons. The van der Waals surface area contributed by atoms with Gasteiger partial charge < -0.3 is 15.2 Å². The molecule has 5 heteroatoms. The van der Waals surface area contributed by atoms with E-state index < -0.39 is 11.7 Å². The summed E-state index contributed by atoms with van der Waals surface area (Å²) in [6.07, 6.45) is -0.587. The number of aliphatic hydroxyl groups is 1. The van der Waals surface area contributed by atoms with Crippen LogP contribution in [-0.2, 0) is 4.79 Å². The molecule has 0 bridgehead atoms. The number of nitrogens with one attached hydrogen (secondary N) is 1. The van der Waals surface area contributed by atoms with Gasteiger partial charge in [0.05, 0.1) is 6.10 Å². The number of amides is 1. The number of benzene rings is 1. The number of carbonyl (C=O) groups is 1. The maximum absolute atomic E-state index is 11.9. The van der Waals surface area contributed by atoms with E-state index in [0.29, 0.717) is 10.8 Å². The van der Waals surface area contributed by atoms with Crippen molar-refractivity contribution in [2.75, 3.05) is 6.54 Å². The highest BCUT2D eigenvalue weighted by atomic mass is 35.5. The van der Waals surface area contributed by atoms with Crippen LogP contribution < -0.4 is 10.1 Å². The van der Waals surface area contributed by atoms with Crippen molar-refractivity contribution in [2.24, 2.45) is 0 Å². The minimum Gasteiger partial charge on any atom is -0.478 e. The quantitative estimate of drug-likeness (QED) is 0.861. The number of rotatable bonds is 5. The Balaban J connectivity index is 2.66. The molecule has 4 nitrogen and oxygen atoms in total. The molecule has 1 atom stereocenters. The normalized spacial score (nSPS) is 12.9. The number of ether oxygens (including phenoxy) is 1. The fraction of sp³-hybridized carbons (Fsp3) is 0.462. The van der Waals surface area contributed by atoms with Gasteiger partial charge in [-0.2, -0.15) is 0 Å². The van der Waals surface area contributed by atoms with Gasteiger partial charge in [0.25, 0.3) is 5.91 Å². The van der Waals surface area contributed by atoms with Crippen LogP contribution in [0.15, 0.2) is 24.3 Å². The molecule has 0 aromatic heterocycles. The van der Waals surface area contributed by atoms with E-state index in [9.17, 15) is 4.79 Å². The third kappa shape index (κ3) is 4.55. The Morgan fingerprint density at radius 1 is 1.56 bits per heavy atom. The number of carbonyl (C=O) groups excluding carboxylic acids is 1. The molecule has 1 amide bonds. The second-order valence-electron chi connectivity index (χ2n) is 4.63. The summed E-state index contributed by atoms with van der Waals surface area (Å²) in [4.78, 5) is 11.9. The lowest BCUT2D eigenvalue weighted by Crippen LogP contribution is -2.48. The van der Waals surface area contributed by atoms with Crippen LogP contribution in [0.3, 0.4) is 0 Å². The van der Waals surface area contributed by atoms with Crippen LogP contribution in [0, 0.1) is 0 Å². The van der Waals surface area contributed by atoms with Crippen LogP contribution >= 0.6 is 11.6 Å². The summed E-state index contributed by atoms with van der Waals surface area (Å²) < 4.78 is 5.60. The molecule has 0 aliphatic rings. The molecule has 18 heavy (non-hydrogen) atoms. The summed E-state index contributed by atoms with van der Waals surface area (Å²) in [6, 6.07) is 6.86. The monoisotopic (exact) mass is 271 g/mol. The maximum Gasteiger partial charge on any atom is 0.263 e. The molecular formula is C13H18ClNO3. The lowest BCUT2D eigenvalue weighted by Gasteiger charge is -2.25. The summed E-state index contributed by atoms with van der Waals surface area (Å²) in [5.41, 5.74) is -1.03. The third-order valence-corrected chi connectivity index (χ3v) is 2.51. The molecule has 1 aromatic rings. The van der Waals surface area contributed by atoms with Crippen molar-refractivity contribution in [1.82, 2.24) is 5.32 Å². The zero-order chi connectivity index (χ0) is 13.8. The summed E-state index contributed by atoms with van der Waals surface area (Å²) in [5.74, 6) is 0.239. The maximum atomic E-state index is 11.9. The first kappa shape index (κ1) is 14.8. The van der Waals surface area contributed by atoms with Gasteiger partial charge in [0.15, 0.2) is 5.60 Å². The first-order chi connectivity index (χ1) is 8.31. The molecule has 2 N–H and O–H groups in total. The largest absolute Gasteiger partial charge is 0.478 e. The summed E-state index contributed by atoms with van der Waals surface area (Å²) in [7, 11) is 0. The fourth-order valence-electron chi connectivity index (χ4n) is 1.32. The van der Waals surface area contributed by atoms with Crippen LogP contribution in [0.25, 0.3) is 0 Å². The van der Waals surface area contributed by atoms with E-state index in [0.717, 1.165) is 0 Å². The van der Waals surface area contributed by atoms with Gasteiger partial charge in [-0.05, 0) is 39.0 Å². The Kier molecular flexibility index (Phi) is 4.99. The highest BCUT2D eigenvalue weighted by molar-refractivity contribution is 6.30. The Bertz CT molecular complexity index is 418. The number of halogens is 1. The summed E-state index contributed by atoms with van der Waals surface area (Å²) in [6.45, 7) is 5.11. The van der Waals surface area contributed by atoms with Crippen molar-refractivity contribution in [3.05, 3.63) is 29.3 Å². The van der Waals surface area contributed by atoms with E-state index in [1.807, 2.05) is 0 Å². The van der Waals surface area contributed by atoms with Crippen molar-refractivity contribution in [3.63, 3.8) is 0 Å². The van der Waals surface area contributed by atoms with Gasteiger partial charge in [0.1, 0.15) is 5.75 Å². The van der Waals surface area contributed by atoms with Crippen molar-refractivity contribution in [3.8, 4) is 5.75 Å². The van der Waals surface area contributed by atoms with Crippen LogP contribution in [0.1, 0.15) is 20.8 Å². The highest BCUT2D eigenvalue weighted by Gasteiger charge is 2.29. The van der Waals surface area contributed by atoms with E-state index in [1.54, 1.807) is 45.0 Å². The van der Waals surface area contributed by atoms with E-state index in [2.05, 4.69) is 5.32 Å². The zero-order valence-electron chi connectivity index (χ0n) is 10.7. The van der Waals surface area contributed by atoms with Crippen LogP contribution in [-0.4, -0.2) is 29.3 Å². The van der Waals surface area contributed by atoms with Crippen molar-refractivity contribution < 1.29 is 14.6 Å². The van der Waals surface area contributed by atoms with Gasteiger partial charge in [0.2, 0.25) is 0 Å². The van der Waals surface area contributed by atoms with Crippen LogP contribution in [0.2, 0.25) is 5.02 Å². The van der Waals surface area contributed by atoms with Crippen LogP contribution in [0.5, 0.6) is 5.75 Å². The predicted octanol–water partition coefficient (Wildman–Crippen LogP) is 1.99. The molecule has 0 spiro atoms. The van der Waals surface area contributed by atoms with Gasteiger partial charge >= 0.3 is 0 Å². The molecule has 1 aromatic carbocycles. The summed E-state index contributed by atoms with van der Waals surface area (Å²) >= 11 is 5.84. The standard InChI is InChI=1S/C13H18ClNO3/c1-9(16)8-15-12(17)13(2,3)18-11-6-4-5-10(14)7-11/h4-7,9,16H,8H2,1-3H3,(H,15,17). The molecule has 0 heterocycles. The topological polar surface area (TPSA) is 58.6 Å².